The fourth-order valence-corrected chi connectivity index (χ4v) is 2.60. The first kappa shape index (κ1) is 15.6. The molecule has 2 aromatic rings. The zero-order valence-electron chi connectivity index (χ0n) is 13.2. The highest BCUT2D eigenvalue weighted by Crippen LogP contribution is 2.32. The van der Waals surface area contributed by atoms with Gasteiger partial charge in [0.25, 0.3) is 5.91 Å². The van der Waals surface area contributed by atoms with Crippen molar-refractivity contribution in [2.75, 3.05) is 13.7 Å². The second-order valence-electron chi connectivity index (χ2n) is 5.93. The standard InChI is InChI=1S/C17H22N4O2/c1-23-15-6-2-12(3-7-15)10-21-11-14(9-19-21)17(22)20-16(8-18)13-4-5-13/h2-3,6-7,9,11,13,16H,4-5,8,10,18H2,1H3,(H,20,22). The number of nitrogens with zero attached hydrogens (tertiary/aromatic N) is 2. The van der Waals surface area contributed by atoms with E-state index in [4.69, 9.17) is 10.5 Å². The van der Waals surface area contributed by atoms with Crippen LogP contribution >= 0.6 is 0 Å². The molecule has 1 fully saturated rings. The molecule has 122 valence electrons. The first-order valence-electron chi connectivity index (χ1n) is 7.86. The Labute approximate surface area is 135 Å². The van der Waals surface area contributed by atoms with Crippen LogP contribution in [0.25, 0.3) is 0 Å². The molecule has 3 rings (SSSR count). The maximum atomic E-state index is 12.3. The largest absolute Gasteiger partial charge is 0.497 e. The Bertz CT molecular complexity index is 661. The Morgan fingerprint density at radius 3 is 2.78 bits per heavy atom. The van der Waals surface area contributed by atoms with Gasteiger partial charge in [-0.1, -0.05) is 12.1 Å². The summed E-state index contributed by atoms with van der Waals surface area (Å²) in [5.41, 5.74) is 7.39. The highest BCUT2D eigenvalue weighted by Gasteiger charge is 2.31. The molecule has 1 aromatic heterocycles. The van der Waals surface area contributed by atoms with E-state index in [0.29, 0.717) is 24.6 Å². The Hall–Kier alpha value is -2.34. The topological polar surface area (TPSA) is 82.2 Å². The molecule has 0 saturated heterocycles. The van der Waals surface area contributed by atoms with Crippen molar-refractivity contribution >= 4 is 5.91 Å². The third-order valence-corrected chi connectivity index (χ3v) is 4.16. The number of hydrogen-bond donors (Lipinski definition) is 2. The molecule has 1 saturated carbocycles. The number of carbonyl (C=O) groups is 1. The van der Waals surface area contributed by atoms with Crippen molar-refractivity contribution < 1.29 is 9.53 Å². The van der Waals surface area contributed by atoms with Crippen LogP contribution in [0.3, 0.4) is 0 Å². The maximum absolute atomic E-state index is 12.3. The summed E-state index contributed by atoms with van der Waals surface area (Å²) >= 11 is 0. The van der Waals surface area contributed by atoms with Gasteiger partial charge in [0.1, 0.15) is 5.75 Å². The van der Waals surface area contributed by atoms with Gasteiger partial charge in [-0.2, -0.15) is 5.10 Å². The molecule has 0 bridgehead atoms. The fourth-order valence-electron chi connectivity index (χ4n) is 2.60. The molecule has 1 atom stereocenters. The maximum Gasteiger partial charge on any atom is 0.254 e. The van der Waals surface area contributed by atoms with Crippen molar-refractivity contribution in [1.82, 2.24) is 15.1 Å². The summed E-state index contributed by atoms with van der Waals surface area (Å²) in [6.07, 6.45) is 5.66. The number of ether oxygens (including phenoxy) is 1. The molecule has 1 aliphatic rings. The number of carbonyl (C=O) groups excluding carboxylic acids is 1. The quantitative estimate of drug-likeness (QED) is 0.809. The van der Waals surface area contributed by atoms with E-state index in [1.165, 1.54) is 0 Å². The first-order valence-corrected chi connectivity index (χ1v) is 7.86. The second-order valence-corrected chi connectivity index (χ2v) is 5.93. The summed E-state index contributed by atoms with van der Waals surface area (Å²) in [6, 6.07) is 7.87. The minimum absolute atomic E-state index is 0.0763. The Morgan fingerprint density at radius 1 is 1.43 bits per heavy atom. The van der Waals surface area contributed by atoms with Gasteiger partial charge >= 0.3 is 0 Å². The van der Waals surface area contributed by atoms with E-state index in [1.807, 2.05) is 24.3 Å². The Morgan fingerprint density at radius 2 is 2.17 bits per heavy atom. The molecule has 1 aromatic carbocycles. The molecule has 1 aliphatic carbocycles. The van der Waals surface area contributed by atoms with Gasteiger partial charge in [0.15, 0.2) is 0 Å². The van der Waals surface area contributed by atoms with E-state index < -0.39 is 0 Å². The van der Waals surface area contributed by atoms with Crippen molar-refractivity contribution in [2.24, 2.45) is 11.7 Å². The van der Waals surface area contributed by atoms with Gasteiger partial charge in [-0.15, -0.1) is 0 Å². The minimum atomic E-state index is -0.103. The number of aromatic nitrogens is 2. The van der Waals surface area contributed by atoms with Crippen molar-refractivity contribution in [3.05, 3.63) is 47.8 Å². The number of rotatable bonds is 7. The zero-order chi connectivity index (χ0) is 16.2. The summed E-state index contributed by atoms with van der Waals surface area (Å²) in [4.78, 5) is 12.3. The number of nitrogens with one attached hydrogen (secondary N) is 1. The summed E-state index contributed by atoms with van der Waals surface area (Å²) in [5, 5.41) is 7.27. The van der Waals surface area contributed by atoms with E-state index in [2.05, 4.69) is 10.4 Å². The molecule has 0 radical (unpaired) electrons. The van der Waals surface area contributed by atoms with Gasteiger partial charge < -0.3 is 15.8 Å². The van der Waals surface area contributed by atoms with Crippen LogP contribution in [0.4, 0.5) is 0 Å². The van der Waals surface area contributed by atoms with Gasteiger partial charge in [0, 0.05) is 18.8 Å². The highest BCUT2D eigenvalue weighted by molar-refractivity contribution is 5.93. The van der Waals surface area contributed by atoms with Crippen LogP contribution in [0, 0.1) is 5.92 Å². The molecule has 1 heterocycles. The van der Waals surface area contributed by atoms with Gasteiger partial charge in [-0.05, 0) is 36.5 Å². The van der Waals surface area contributed by atoms with Gasteiger partial charge in [-0.3, -0.25) is 9.48 Å². The van der Waals surface area contributed by atoms with E-state index >= 15 is 0 Å². The summed E-state index contributed by atoms with van der Waals surface area (Å²) in [5.74, 6) is 1.26. The highest BCUT2D eigenvalue weighted by atomic mass is 16.5. The fraction of sp³-hybridized carbons (Fsp3) is 0.412. The minimum Gasteiger partial charge on any atom is -0.497 e. The summed E-state index contributed by atoms with van der Waals surface area (Å²) in [6.45, 7) is 1.09. The van der Waals surface area contributed by atoms with Gasteiger partial charge in [-0.25, -0.2) is 0 Å². The van der Waals surface area contributed by atoms with E-state index in [0.717, 1.165) is 24.2 Å². The van der Waals surface area contributed by atoms with Gasteiger partial charge in [0.05, 0.1) is 25.4 Å². The third-order valence-electron chi connectivity index (χ3n) is 4.16. The van der Waals surface area contributed by atoms with E-state index in [9.17, 15) is 4.79 Å². The summed E-state index contributed by atoms with van der Waals surface area (Å²) in [7, 11) is 1.64. The van der Waals surface area contributed by atoms with Gasteiger partial charge in [0.2, 0.25) is 0 Å². The lowest BCUT2D eigenvalue weighted by molar-refractivity contribution is 0.0933. The third kappa shape index (κ3) is 3.90. The van der Waals surface area contributed by atoms with Crippen molar-refractivity contribution in [1.29, 1.82) is 0 Å². The summed E-state index contributed by atoms with van der Waals surface area (Å²) < 4.78 is 6.90. The molecule has 6 nitrogen and oxygen atoms in total. The molecular weight excluding hydrogens is 292 g/mol. The van der Waals surface area contributed by atoms with Crippen LogP contribution in [0.1, 0.15) is 28.8 Å². The molecule has 0 aliphatic heterocycles. The molecule has 0 spiro atoms. The zero-order valence-corrected chi connectivity index (χ0v) is 13.2. The molecule has 1 amide bonds. The number of nitrogens with two attached hydrogens (primary N) is 1. The predicted octanol–water partition coefficient (Wildman–Crippen LogP) is 1.41. The lowest BCUT2D eigenvalue weighted by Crippen LogP contribution is -2.41. The average Bonchev–Trinajstić information content (AvgIpc) is 3.32. The predicted molar refractivity (Wildman–Crippen MR) is 87.4 cm³/mol. The lowest BCUT2D eigenvalue weighted by Gasteiger charge is -2.15. The van der Waals surface area contributed by atoms with Crippen molar-refractivity contribution in [3.8, 4) is 5.75 Å². The Kier molecular flexibility index (Phi) is 4.62. The van der Waals surface area contributed by atoms with Crippen LogP contribution in [0.5, 0.6) is 5.75 Å². The molecule has 23 heavy (non-hydrogen) atoms. The normalized spacial score (nSPS) is 15.2. The average molecular weight is 314 g/mol. The number of amides is 1. The van der Waals surface area contributed by atoms with Crippen LogP contribution in [-0.2, 0) is 6.54 Å². The van der Waals surface area contributed by atoms with Crippen LogP contribution < -0.4 is 15.8 Å². The first-order chi connectivity index (χ1) is 11.2. The molecular formula is C17H22N4O2. The Balaban J connectivity index is 1.61. The SMILES string of the molecule is COc1ccc(Cn2cc(C(=O)NC(CN)C3CC3)cn2)cc1. The second kappa shape index (κ2) is 6.83. The molecule has 1 unspecified atom stereocenters. The lowest BCUT2D eigenvalue weighted by atomic mass is 10.2. The van der Waals surface area contributed by atoms with E-state index in [-0.39, 0.29) is 11.9 Å². The van der Waals surface area contributed by atoms with Crippen LogP contribution in [0.15, 0.2) is 36.7 Å². The monoisotopic (exact) mass is 314 g/mol. The molecule has 3 N–H and O–H groups in total. The van der Waals surface area contributed by atoms with Crippen molar-refractivity contribution in [3.63, 3.8) is 0 Å². The smallest absolute Gasteiger partial charge is 0.254 e. The number of methoxy groups -OCH3 is 1. The number of benzene rings is 1. The molecule has 6 heteroatoms. The van der Waals surface area contributed by atoms with Crippen molar-refractivity contribution in [2.45, 2.75) is 25.4 Å². The number of hydrogen-bond acceptors (Lipinski definition) is 4. The van der Waals surface area contributed by atoms with Crippen LogP contribution in [-0.4, -0.2) is 35.4 Å². The van der Waals surface area contributed by atoms with E-state index in [1.54, 1.807) is 24.2 Å². The van der Waals surface area contributed by atoms with Crippen LogP contribution in [0.2, 0.25) is 0 Å².